The highest BCUT2D eigenvalue weighted by Crippen LogP contribution is 2.21. The smallest absolute Gasteiger partial charge is 0.227 e. The highest BCUT2D eigenvalue weighted by molar-refractivity contribution is 7.91. The SMILES string of the molecule is CC(C(=O)N1CCS(=O)(=O)CC1)C(N)c1ccccc1. The van der Waals surface area contributed by atoms with Gasteiger partial charge in [-0.15, -0.1) is 0 Å². The molecule has 0 saturated carbocycles. The molecule has 20 heavy (non-hydrogen) atoms. The largest absolute Gasteiger partial charge is 0.340 e. The van der Waals surface area contributed by atoms with Gasteiger partial charge in [-0.25, -0.2) is 8.42 Å². The fraction of sp³-hybridized carbons (Fsp3) is 0.500. The van der Waals surface area contributed by atoms with Gasteiger partial charge in [0.25, 0.3) is 0 Å². The van der Waals surface area contributed by atoms with Crippen LogP contribution in [0.1, 0.15) is 18.5 Å². The normalized spacial score (nSPS) is 21.2. The van der Waals surface area contributed by atoms with Crippen molar-refractivity contribution < 1.29 is 13.2 Å². The van der Waals surface area contributed by atoms with Crippen LogP contribution in [0.2, 0.25) is 0 Å². The summed E-state index contributed by atoms with van der Waals surface area (Å²) in [7, 11) is -2.97. The van der Waals surface area contributed by atoms with Gasteiger partial charge in [-0.05, 0) is 5.56 Å². The van der Waals surface area contributed by atoms with Crippen LogP contribution in [-0.2, 0) is 14.6 Å². The highest BCUT2D eigenvalue weighted by Gasteiger charge is 2.30. The van der Waals surface area contributed by atoms with Crippen molar-refractivity contribution in [1.82, 2.24) is 4.90 Å². The van der Waals surface area contributed by atoms with E-state index in [9.17, 15) is 13.2 Å². The van der Waals surface area contributed by atoms with Gasteiger partial charge in [-0.3, -0.25) is 4.79 Å². The number of rotatable bonds is 3. The van der Waals surface area contributed by atoms with Crippen molar-refractivity contribution in [3.8, 4) is 0 Å². The molecule has 6 heteroatoms. The van der Waals surface area contributed by atoms with E-state index in [4.69, 9.17) is 5.73 Å². The molecule has 2 N–H and O–H groups in total. The highest BCUT2D eigenvalue weighted by atomic mass is 32.2. The maximum Gasteiger partial charge on any atom is 0.227 e. The van der Waals surface area contributed by atoms with Crippen LogP contribution in [0, 0.1) is 5.92 Å². The summed E-state index contributed by atoms with van der Waals surface area (Å²) in [6.45, 7) is 2.34. The van der Waals surface area contributed by atoms with Crippen LogP contribution in [0.3, 0.4) is 0 Å². The summed E-state index contributed by atoms with van der Waals surface area (Å²) >= 11 is 0. The molecule has 5 nitrogen and oxygen atoms in total. The molecule has 2 unspecified atom stereocenters. The Labute approximate surface area is 119 Å². The number of carbonyl (C=O) groups is 1. The first-order valence-electron chi connectivity index (χ1n) is 6.70. The molecule has 0 aliphatic carbocycles. The van der Waals surface area contributed by atoms with Crippen molar-refractivity contribution in [3.63, 3.8) is 0 Å². The maximum absolute atomic E-state index is 12.4. The zero-order valence-corrected chi connectivity index (χ0v) is 12.3. The summed E-state index contributed by atoms with van der Waals surface area (Å²) in [6.07, 6.45) is 0. The van der Waals surface area contributed by atoms with Crippen LogP contribution in [-0.4, -0.2) is 43.8 Å². The first-order valence-corrected chi connectivity index (χ1v) is 8.52. The Bertz CT molecular complexity index is 557. The van der Waals surface area contributed by atoms with Crippen LogP contribution in [0.4, 0.5) is 0 Å². The summed E-state index contributed by atoms with van der Waals surface area (Å²) < 4.78 is 22.8. The third-order valence-corrected chi connectivity index (χ3v) is 5.38. The molecule has 0 radical (unpaired) electrons. The number of hydrogen-bond donors (Lipinski definition) is 1. The number of hydrogen-bond acceptors (Lipinski definition) is 4. The summed E-state index contributed by atoms with van der Waals surface area (Å²) in [5, 5.41) is 0. The third-order valence-electron chi connectivity index (χ3n) is 3.77. The van der Waals surface area contributed by atoms with Crippen molar-refractivity contribution in [2.75, 3.05) is 24.6 Å². The Kier molecular flexibility index (Phi) is 4.45. The Morgan fingerprint density at radius 2 is 1.75 bits per heavy atom. The van der Waals surface area contributed by atoms with E-state index in [0.29, 0.717) is 0 Å². The van der Waals surface area contributed by atoms with Crippen molar-refractivity contribution >= 4 is 15.7 Å². The van der Waals surface area contributed by atoms with Crippen LogP contribution < -0.4 is 5.73 Å². The molecule has 0 spiro atoms. The second-order valence-corrected chi connectivity index (χ2v) is 7.51. The van der Waals surface area contributed by atoms with E-state index >= 15 is 0 Å². The molecule has 0 aromatic heterocycles. The fourth-order valence-electron chi connectivity index (χ4n) is 2.34. The average Bonchev–Trinajstić information content (AvgIpc) is 2.46. The van der Waals surface area contributed by atoms with Crippen molar-refractivity contribution in [2.45, 2.75) is 13.0 Å². The van der Waals surface area contributed by atoms with Gasteiger partial charge in [0.2, 0.25) is 5.91 Å². The molecule has 1 saturated heterocycles. The lowest BCUT2D eigenvalue weighted by Crippen LogP contribution is -2.47. The number of carbonyl (C=O) groups excluding carboxylic acids is 1. The van der Waals surface area contributed by atoms with Gasteiger partial charge < -0.3 is 10.6 Å². The van der Waals surface area contributed by atoms with Crippen molar-refractivity contribution in [2.24, 2.45) is 11.7 Å². The van der Waals surface area contributed by atoms with Gasteiger partial charge in [-0.1, -0.05) is 37.3 Å². The van der Waals surface area contributed by atoms with E-state index in [1.807, 2.05) is 30.3 Å². The quantitative estimate of drug-likeness (QED) is 0.884. The third kappa shape index (κ3) is 3.37. The fourth-order valence-corrected chi connectivity index (χ4v) is 3.54. The van der Waals surface area contributed by atoms with Crippen LogP contribution >= 0.6 is 0 Å². The van der Waals surface area contributed by atoms with Crippen molar-refractivity contribution in [1.29, 1.82) is 0 Å². The van der Waals surface area contributed by atoms with Gasteiger partial charge in [0, 0.05) is 19.1 Å². The Hall–Kier alpha value is -1.40. The minimum Gasteiger partial charge on any atom is -0.340 e. The first-order chi connectivity index (χ1) is 9.41. The predicted octanol–water partition coefficient (Wildman–Crippen LogP) is 0.580. The van der Waals surface area contributed by atoms with Crippen LogP contribution in [0.15, 0.2) is 30.3 Å². The lowest BCUT2D eigenvalue weighted by Gasteiger charge is -2.31. The lowest BCUT2D eigenvalue weighted by molar-refractivity contribution is -0.135. The van der Waals surface area contributed by atoms with Gasteiger partial charge >= 0.3 is 0 Å². The molecular formula is C14H20N2O3S. The average molecular weight is 296 g/mol. The molecule has 110 valence electrons. The Balaban J connectivity index is 2.02. The molecule has 1 heterocycles. The maximum atomic E-state index is 12.4. The van der Waals surface area contributed by atoms with E-state index in [-0.39, 0.29) is 42.5 Å². The summed E-state index contributed by atoms with van der Waals surface area (Å²) in [5.74, 6) is -0.340. The zero-order valence-electron chi connectivity index (χ0n) is 11.5. The molecule has 1 aromatic rings. The van der Waals surface area contributed by atoms with Gasteiger partial charge in [0.05, 0.1) is 17.4 Å². The number of sulfone groups is 1. The van der Waals surface area contributed by atoms with E-state index in [1.165, 1.54) is 0 Å². The molecule has 1 fully saturated rings. The first kappa shape index (κ1) is 15.0. The predicted molar refractivity (Wildman–Crippen MR) is 77.8 cm³/mol. The van der Waals surface area contributed by atoms with Crippen LogP contribution in [0.25, 0.3) is 0 Å². The summed E-state index contributed by atoms with van der Waals surface area (Å²) in [5.41, 5.74) is 7.05. The van der Waals surface area contributed by atoms with Crippen molar-refractivity contribution in [3.05, 3.63) is 35.9 Å². The Morgan fingerprint density at radius 1 is 1.20 bits per heavy atom. The van der Waals surface area contributed by atoms with Gasteiger partial charge in [-0.2, -0.15) is 0 Å². The number of benzene rings is 1. The number of nitrogens with zero attached hydrogens (tertiary/aromatic N) is 1. The van der Waals surface area contributed by atoms with Crippen LogP contribution in [0.5, 0.6) is 0 Å². The molecule has 1 amide bonds. The van der Waals surface area contributed by atoms with Gasteiger partial charge in [0.15, 0.2) is 9.84 Å². The van der Waals surface area contributed by atoms with Gasteiger partial charge in [0.1, 0.15) is 0 Å². The van der Waals surface area contributed by atoms with E-state index < -0.39 is 9.84 Å². The molecule has 1 aromatic carbocycles. The number of amides is 1. The van der Waals surface area contributed by atoms with E-state index in [0.717, 1.165) is 5.56 Å². The minimum atomic E-state index is -2.97. The lowest BCUT2D eigenvalue weighted by atomic mass is 9.94. The Morgan fingerprint density at radius 3 is 2.30 bits per heavy atom. The second-order valence-electron chi connectivity index (χ2n) is 5.20. The van der Waals surface area contributed by atoms with E-state index in [2.05, 4.69) is 0 Å². The summed E-state index contributed by atoms with van der Waals surface area (Å²) in [4.78, 5) is 14.0. The molecule has 0 bridgehead atoms. The molecule has 1 aliphatic heterocycles. The molecule has 2 rings (SSSR count). The second kappa shape index (κ2) is 5.93. The standard InChI is InChI=1S/C14H20N2O3S/c1-11(13(15)12-5-3-2-4-6-12)14(17)16-7-9-20(18,19)10-8-16/h2-6,11,13H,7-10,15H2,1H3. The summed E-state index contributed by atoms with van der Waals surface area (Å²) in [6, 6.07) is 9.10. The molecule has 1 aliphatic rings. The van der Waals surface area contributed by atoms with E-state index in [1.54, 1.807) is 11.8 Å². The topological polar surface area (TPSA) is 80.5 Å². The number of nitrogens with two attached hydrogens (primary N) is 1. The minimum absolute atomic E-state index is 0.0477. The molecular weight excluding hydrogens is 276 g/mol. The molecule has 2 atom stereocenters. The zero-order chi connectivity index (χ0) is 14.8. The monoisotopic (exact) mass is 296 g/mol.